The van der Waals surface area contributed by atoms with Gasteiger partial charge in [0.2, 0.25) is 0 Å². The summed E-state index contributed by atoms with van der Waals surface area (Å²) in [6.07, 6.45) is 3.90. The number of aliphatic hydroxyl groups is 1. The molecule has 22 heavy (non-hydrogen) atoms. The lowest BCUT2D eigenvalue weighted by atomic mass is 10.0. The van der Waals surface area contributed by atoms with Crippen molar-refractivity contribution in [1.82, 2.24) is 5.32 Å². The van der Waals surface area contributed by atoms with Crippen molar-refractivity contribution in [3.63, 3.8) is 0 Å². The van der Waals surface area contributed by atoms with Crippen molar-refractivity contribution < 1.29 is 14.7 Å². The summed E-state index contributed by atoms with van der Waals surface area (Å²) in [5.74, 6) is -1.24. The van der Waals surface area contributed by atoms with Crippen LogP contribution in [-0.4, -0.2) is 30.1 Å². The fourth-order valence-corrected chi connectivity index (χ4v) is 2.27. The average molecular weight is 306 g/mol. The van der Waals surface area contributed by atoms with Gasteiger partial charge in [-0.05, 0) is 43.2 Å². The summed E-state index contributed by atoms with van der Waals surface area (Å²) in [5, 5.41) is 14.0. The molecule has 0 radical (unpaired) electrons. The molecule has 3 N–H and O–H groups in total. The lowest BCUT2D eigenvalue weighted by Crippen LogP contribution is -2.36. The minimum atomic E-state index is -0.627. The quantitative estimate of drug-likeness (QED) is 0.508. The molecule has 1 aromatic rings. The molecule has 0 heterocycles. The molecule has 0 fully saturated rings. The molecule has 0 aromatic heterocycles. The first-order valence-corrected chi connectivity index (χ1v) is 7.94. The van der Waals surface area contributed by atoms with Crippen LogP contribution in [0, 0.1) is 0 Å². The lowest BCUT2D eigenvalue weighted by Gasteiger charge is -2.14. The van der Waals surface area contributed by atoms with E-state index in [1.807, 2.05) is 32.0 Å². The van der Waals surface area contributed by atoms with Crippen molar-refractivity contribution in [3.8, 4) is 0 Å². The topological polar surface area (TPSA) is 78.4 Å². The smallest absolute Gasteiger partial charge is 0.313 e. The van der Waals surface area contributed by atoms with Gasteiger partial charge in [-0.25, -0.2) is 0 Å². The number of unbranched alkanes of at least 4 members (excludes halogenated alkanes) is 2. The number of hydrogen-bond acceptors (Lipinski definition) is 3. The third kappa shape index (κ3) is 5.48. The molecule has 0 saturated carbocycles. The number of aryl methyl sites for hydroxylation is 2. The van der Waals surface area contributed by atoms with Crippen LogP contribution in [0.3, 0.4) is 0 Å². The molecular weight excluding hydrogens is 280 g/mol. The van der Waals surface area contributed by atoms with Crippen LogP contribution in [0.25, 0.3) is 0 Å². The van der Waals surface area contributed by atoms with Crippen LogP contribution in [0.4, 0.5) is 5.69 Å². The van der Waals surface area contributed by atoms with Crippen molar-refractivity contribution in [2.24, 2.45) is 0 Å². The lowest BCUT2D eigenvalue weighted by molar-refractivity contribution is -0.136. The van der Waals surface area contributed by atoms with Gasteiger partial charge >= 0.3 is 11.8 Å². The fraction of sp³-hybridized carbons (Fsp3) is 0.529. The summed E-state index contributed by atoms with van der Waals surface area (Å²) >= 11 is 0. The molecule has 0 spiro atoms. The average Bonchev–Trinajstić information content (AvgIpc) is 2.54. The van der Waals surface area contributed by atoms with Gasteiger partial charge in [-0.15, -0.1) is 0 Å². The number of amides is 2. The number of anilines is 1. The maximum atomic E-state index is 12.0. The first-order valence-electron chi connectivity index (χ1n) is 7.94. The second-order valence-electron chi connectivity index (χ2n) is 5.15. The number of hydrogen-bond donors (Lipinski definition) is 3. The van der Waals surface area contributed by atoms with Gasteiger partial charge in [0.15, 0.2) is 0 Å². The van der Waals surface area contributed by atoms with Crippen molar-refractivity contribution in [3.05, 3.63) is 29.3 Å². The van der Waals surface area contributed by atoms with E-state index in [1.165, 1.54) is 0 Å². The number of carbonyl (C=O) groups excluding carboxylic acids is 2. The van der Waals surface area contributed by atoms with Crippen LogP contribution in [0.1, 0.15) is 44.2 Å². The van der Waals surface area contributed by atoms with Gasteiger partial charge in [0.25, 0.3) is 0 Å². The standard InChI is InChI=1S/C17H26N2O3/c1-3-13-9-8-10-14(4-2)15(13)19-17(22)16(21)18-11-6-5-7-12-20/h8-10,20H,3-7,11-12H2,1-2H3,(H,18,21)(H,19,22). The van der Waals surface area contributed by atoms with E-state index in [0.717, 1.165) is 42.5 Å². The number of aliphatic hydroxyl groups excluding tert-OH is 1. The van der Waals surface area contributed by atoms with Gasteiger partial charge in [0.05, 0.1) is 0 Å². The third-order valence-electron chi connectivity index (χ3n) is 3.56. The Kier molecular flexibility index (Phi) is 8.22. The minimum absolute atomic E-state index is 0.155. The molecule has 5 heteroatoms. The van der Waals surface area contributed by atoms with Crippen LogP contribution in [-0.2, 0) is 22.4 Å². The fourth-order valence-electron chi connectivity index (χ4n) is 2.27. The molecule has 1 aromatic carbocycles. The molecule has 0 saturated heterocycles. The predicted molar refractivity (Wildman–Crippen MR) is 87.8 cm³/mol. The Bertz CT molecular complexity index is 478. The molecule has 0 unspecified atom stereocenters. The van der Waals surface area contributed by atoms with E-state index < -0.39 is 11.8 Å². The highest BCUT2D eigenvalue weighted by molar-refractivity contribution is 6.39. The first kappa shape index (κ1) is 18.2. The summed E-state index contributed by atoms with van der Waals surface area (Å²) in [6.45, 7) is 4.64. The van der Waals surface area contributed by atoms with Crippen LogP contribution in [0.5, 0.6) is 0 Å². The maximum Gasteiger partial charge on any atom is 0.313 e. The van der Waals surface area contributed by atoms with Gasteiger partial charge < -0.3 is 15.7 Å². The largest absolute Gasteiger partial charge is 0.396 e. The number of benzene rings is 1. The second kappa shape index (κ2) is 9.95. The Morgan fingerprint density at radius 2 is 1.64 bits per heavy atom. The van der Waals surface area contributed by atoms with Crippen LogP contribution in [0.2, 0.25) is 0 Å². The maximum absolute atomic E-state index is 12.0. The number of para-hydroxylation sites is 1. The van der Waals surface area contributed by atoms with E-state index in [2.05, 4.69) is 10.6 Å². The molecule has 0 aliphatic rings. The third-order valence-corrected chi connectivity index (χ3v) is 3.56. The summed E-state index contributed by atoms with van der Waals surface area (Å²) in [5.41, 5.74) is 2.82. The molecule has 0 aliphatic heterocycles. The normalized spacial score (nSPS) is 10.3. The zero-order valence-corrected chi connectivity index (χ0v) is 13.4. The Morgan fingerprint density at radius 1 is 1.00 bits per heavy atom. The van der Waals surface area contributed by atoms with Crippen molar-refractivity contribution in [1.29, 1.82) is 0 Å². The minimum Gasteiger partial charge on any atom is -0.396 e. The molecule has 0 atom stereocenters. The van der Waals surface area contributed by atoms with E-state index >= 15 is 0 Å². The van der Waals surface area contributed by atoms with Crippen molar-refractivity contribution >= 4 is 17.5 Å². The monoisotopic (exact) mass is 306 g/mol. The van der Waals surface area contributed by atoms with Crippen LogP contribution < -0.4 is 10.6 Å². The highest BCUT2D eigenvalue weighted by Gasteiger charge is 2.16. The molecule has 5 nitrogen and oxygen atoms in total. The molecular formula is C17H26N2O3. The van der Waals surface area contributed by atoms with E-state index in [9.17, 15) is 9.59 Å². The summed E-state index contributed by atoms with van der Waals surface area (Å²) in [4.78, 5) is 23.8. The number of rotatable bonds is 8. The van der Waals surface area contributed by atoms with Gasteiger partial charge in [-0.1, -0.05) is 32.0 Å². The zero-order valence-electron chi connectivity index (χ0n) is 13.4. The van der Waals surface area contributed by atoms with Crippen LogP contribution in [0.15, 0.2) is 18.2 Å². The molecule has 0 bridgehead atoms. The van der Waals surface area contributed by atoms with E-state index in [0.29, 0.717) is 13.0 Å². The predicted octanol–water partition coefficient (Wildman–Crippen LogP) is 2.03. The Balaban J connectivity index is 2.59. The molecule has 1 rings (SSSR count). The summed E-state index contributed by atoms with van der Waals surface area (Å²) in [6, 6.07) is 5.89. The summed E-state index contributed by atoms with van der Waals surface area (Å²) < 4.78 is 0. The van der Waals surface area contributed by atoms with E-state index in [-0.39, 0.29) is 6.61 Å². The highest BCUT2D eigenvalue weighted by atomic mass is 16.3. The van der Waals surface area contributed by atoms with E-state index in [4.69, 9.17) is 5.11 Å². The Labute approximate surface area is 132 Å². The molecule has 2 amide bonds. The highest BCUT2D eigenvalue weighted by Crippen LogP contribution is 2.22. The Morgan fingerprint density at radius 3 is 2.18 bits per heavy atom. The SMILES string of the molecule is CCc1cccc(CC)c1NC(=O)C(=O)NCCCCCO. The van der Waals surface area contributed by atoms with Gasteiger partial charge in [0.1, 0.15) is 0 Å². The zero-order chi connectivity index (χ0) is 16.4. The second-order valence-corrected chi connectivity index (χ2v) is 5.15. The molecule has 0 aliphatic carbocycles. The summed E-state index contributed by atoms with van der Waals surface area (Å²) in [7, 11) is 0. The van der Waals surface area contributed by atoms with Gasteiger partial charge in [-0.3, -0.25) is 9.59 Å². The van der Waals surface area contributed by atoms with Gasteiger partial charge in [0, 0.05) is 18.8 Å². The number of nitrogens with one attached hydrogen (secondary N) is 2. The molecule has 122 valence electrons. The van der Waals surface area contributed by atoms with E-state index in [1.54, 1.807) is 0 Å². The van der Waals surface area contributed by atoms with Gasteiger partial charge in [-0.2, -0.15) is 0 Å². The number of carbonyl (C=O) groups is 2. The first-order chi connectivity index (χ1) is 10.6. The Hall–Kier alpha value is -1.88. The van der Waals surface area contributed by atoms with Crippen LogP contribution >= 0.6 is 0 Å². The van der Waals surface area contributed by atoms with Crippen molar-refractivity contribution in [2.45, 2.75) is 46.0 Å². The van der Waals surface area contributed by atoms with Crippen molar-refractivity contribution in [2.75, 3.05) is 18.5 Å².